The molecule has 0 spiro atoms. The van der Waals surface area contributed by atoms with Crippen molar-refractivity contribution in [3.05, 3.63) is 89.0 Å². The molecule has 0 atom stereocenters. The lowest BCUT2D eigenvalue weighted by molar-refractivity contribution is -0.115. The number of rotatable bonds is 6. The smallest absolute Gasteiger partial charge is 0.187 e. The molecule has 3 rings (SSSR count). The number of unbranched alkanes of at least 4 members (excludes halogenated alkanes) is 1. The van der Waals surface area contributed by atoms with E-state index < -0.39 is 0 Å². The van der Waals surface area contributed by atoms with Gasteiger partial charge in [0.25, 0.3) is 0 Å². The number of ketones is 2. The van der Waals surface area contributed by atoms with Crippen LogP contribution in [0.1, 0.15) is 37.3 Å². The molecule has 0 bridgehead atoms. The van der Waals surface area contributed by atoms with E-state index in [1.54, 1.807) is 0 Å². The topological polar surface area (TPSA) is 34.1 Å². The first-order valence-electron chi connectivity index (χ1n) is 8.82. The second-order valence-corrected chi connectivity index (χ2v) is 6.35. The molecule has 2 nitrogen and oxygen atoms in total. The Morgan fingerprint density at radius 2 is 1.48 bits per heavy atom. The lowest BCUT2D eigenvalue weighted by atomic mass is 9.82. The molecule has 0 N–H and O–H groups in total. The van der Waals surface area contributed by atoms with Crippen molar-refractivity contribution in [2.45, 2.75) is 32.6 Å². The summed E-state index contributed by atoms with van der Waals surface area (Å²) in [5.41, 5.74) is 3.74. The summed E-state index contributed by atoms with van der Waals surface area (Å²) in [6.45, 7) is 2.10. The van der Waals surface area contributed by atoms with E-state index >= 15 is 0 Å². The van der Waals surface area contributed by atoms with Gasteiger partial charge in [-0.1, -0.05) is 74.0 Å². The molecule has 126 valence electrons. The summed E-state index contributed by atoms with van der Waals surface area (Å²) < 4.78 is 0. The van der Waals surface area contributed by atoms with Crippen molar-refractivity contribution in [1.82, 2.24) is 0 Å². The first-order valence-corrected chi connectivity index (χ1v) is 8.82. The second-order valence-electron chi connectivity index (χ2n) is 6.35. The van der Waals surface area contributed by atoms with E-state index in [0.717, 1.165) is 24.0 Å². The molecule has 0 unspecified atom stereocenters. The Bertz CT molecular complexity index is 827. The van der Waals surface area contributed by atoms with Crippen LogP contribution in [0.15, 0.2) is 77.9 Å². The fourth-order valence-electron chi connectivity index (χ4n) is 3.21. The standard InChI is InChI=1S/C23H22O2/c1-2-3-14-20-22(18-12-8-5-9-13-18)21(24)16-19(23(20)25)15-17-10-6-4-7-11-17/h4-13,16H,2-3,14-15H2,1H3. The Hall–Kier alpha value is -2.74. The number of hydrogen-bond donors (Lipinski definition) is 0. The van der Waals surface area contributed by atoms with E-state index in [0.29, 0.717) is 29.6 Å². The van der Waals surface area contributed by atoms with Crippen LogP contribution in [-0.2, 0) is 16.0 Å². The molecular formula is C23H22O2. The average Bonchev–Trinajstić information content (AvgIpc) is 2.64. The Balaban J connectivity index is 1.98. The molecule has 0 saturated carbocycles. The zero-order valence-electron chi connectivity index (χ0n) is 14.5. The Kier molecular flexibility index (Phi) is 5.39. The SMILES string of the molecule is CCCCC1=C(c2ccccc2)C(=O)C=C(Cc2ccccc2)C1=O. The van der Waals surface area contributed by atoms with Gasteiger partial charge in [-0.05, 0) is 30.0 Å². The lowest BCUT2D eigenvalue weighted by Crippen LogP contribution is -2.20. The number of Topliss-reactive ketones (excluding diaryl/α,β-unsaturated/α-hetero) is 1. The van der Waals surface area contributed by atoms with Crippen LogP contribution in [0.2, 0.25) is 0 Å². The van der Waals surface area contributed by atoms with Crippen LogP contribution in [0.5, 0.6) is 0 Å². The minimum Gasteiger partial charge on any atom is -0.289 e. The van der Waals surface area contributed by atoms with Gasteiger partial charge in [0.15, 0.2) is 11.6 Å². The van der Waals surface area contributed by atoms with Gasteiger partial charge in [0.05, 0.1) is 0 Å². The molecule has 2 aromatic rings. The third-order valence-corrected chi connectivity index (χ3v) is 4.50. The Labute approximate surface area is 148 Å². The highest BCUT2D eigenvalue weighted by atomic mass is 16.1. The van der Waals surface area contributed by atoms with Gasteiger partial charge in [-0.2, -0.15) is 0 Å². The van der Waals surface area contributed by atoms with Crippen molar-refractivity contribution >= 4 is 17.1 Å². The van der Waals surface area contributed by atoms with Crippen molar-refractivity contribution in [2.75, 3.05) is 0 Å². The highest BCUT2D eigenvalue weighted by Gasteiger charge is 2.28. The van der Waals surface area contributed by atoms with Gasteiger partial charge >= 0.3 is 0 Å². The molecule has 0 fully saturated rings. The average molecular weight is 330 g/mol. The van der Waals surface area contributed by atoms with Crippen LogP contribution in [0.4, 0.5) is 0 Å². The third-order valence-electron chi connectivity index (χ3n) is 4.50. The summed E-state index contributed by atoms with van der Waals surface area (Å²) in [4.78, 5) is 25.9. The van der Waals surface area contributed by atoms with Crippen LogP contribution in [0.25, 0.3) is 5.57 Å². The van der Waals surface area contributed by atoms with Crippen LogP contribution >= 0.6 is 0 Å². The number of hydrogen-bond acceptors (Lipinski definition) is 2. The molecule has 2 heteroatoms. The number of carbonyl (C=O) groups excluding carboxylic acids is 2. The van der Waals surface area contributed by atoms with Gasteiger partial charge in [-0.25, -0.2) is 0 Å². The van der Waals surface area contributed by atoms with E-state index in [2.05, 4.69) is 6.92 Å². The third kappa shape index (κ3) is 3.85. The summed E-state index contributed by atoms with van der Waals surface area (Å²) >= 11 is 0. The van der Waals surface area contributed by atoms with Crippen LogP contribution < -0.4 is 0 Å². The van der Waals surface area contributed by atoms with E-state index in [4.69, 9.17) is 0 Å². The van der Waals surface area contributed by atoms with E-state index in [1.165, 1.54) is 6.08 Å². The van der Waals surface area contributed by atoms with E-state index in [1.807, 2.05) is 60.7 Å². The molecule has 0 radical (unpaired) electrons. The maximum Gasteiger partial charge on any atom is 0.187 e. The first kappa shape index (κ1) is 17.1. The summed E-state index contributed by atoms with van der Waals surface area (Å²) in [6.07, 6.45) is 4.59. The van der Waals surface area contributed by atoms with Gasteiger partial charge in [0.1, 0.15) is 0 Å². The fourth-order valence-corrected chi connectivity index (χ4v) is 3.21. The summed E-state index contributed by atoms with van der Waals surface area (Å²) in [6, 6.07) is 19.4. The molecule has 0 saturated heterocycles. The second kappa shape index (κ2) is 7.89. The maximum atomic E-state index is 13.1. The van der Waals surface area contributed by atoms with Crippen molar-refractivity contribution in [3.8, 4) is 0 Å². The molecule has 0 aromatic heterocycles. The summed E-state index contributed by atoms with van der Waals surface area (Å²) in [5, 5.41) is 0. The monoisotopic (exact) mass is 330 g/mol. The van der Waals surface area contributed by atoms with Crippen molar-refractivity contribution in [3.63, 3.8) is 0 Å². The molecule has 0 aliphatic heterocycles. The number of carbonyl (C=O) groups is 2. The van der Waals surface area contributed by atoms with Crippen LogP contribution in [0.3, 0.4) is 0 Å². The molecule has 2 aromatic carbocycles. The van der Waals surface area contributed by atoms with Gasteiger partial charge < -0.3 is 0 Å². The first-order chi connectivity index (χ1) is 12.2. The normalized spacial score (nSPS) is 14.7. The molecule has 25 heavy (non-hydrogen) atoms. The highest BCUT2D eigenvalue weighted by molar-refractivity contribution is 6.37. The lowest BCUT2D eigenvalue weighted by Gasteiger charge is -2.20. The highest BCUT2D eigenvalue weighted by Crippen LogP contribution is 2.31. The quantitative estimate of drug-likeness (QED) is 0.702. The molecule has 0 amide bonds. The Morgan fingerprint density at radius 3 is 2.12 bits per heavy atom. The number of allylic oxidation sites excluding steroid dienone is 4. The minimum atomic E-state index is -0.0529. The van der Waals surface area contributed by atoms with Gasteiger partial charge in [-0.3, -0.25) is 9.59 Å². The van der Waals surface area contributed by atoms with Crippen molar-refractivity contribution in [2.24, 2.45) is 0 Å². The van der Waals surface area contributed by atoms with Crippen LogP contribution in [0, 0.1) is 0 Å². The zero-order valence-corrected chi connectivity index (χ0v) is 14.5. The minimum absolute atomic E-state index is 0.0238. The molecule has 1 aliphatic rings. The van der Waals surface area contributed by atoms with Gasteiger partial charge in [-0.15, -0.1) is 0 Å². The largest absolute Gasteiger partial charge is 0.289 e. The van der Waals surface area contributed by atoms with Crippen molar-refractivity contribution < 1.29 is 9.59 Å². The molecule has 1 aliphatic carbocycles. The molecular weight excluding hydrogens is 308 g/mol. The Morgan fingerprint density at radius 1 is 0.840 bits per heavy atom. The molecule has 0 heterocycles. The van der Waals surface area contributed by atoms with E-state index in [9.17, 15) is 9.59 Å². The summed E-state index contributed by atoms with van der Waals surface area (Å²) in [5.74, 6) is -0.0291. The number of benzene rings is 2. The van der Waals surface area contributed by atoms with E-state index in [-0.39, 0.29) is 11.6 Å². The fraction of sp³-hybridized carbons (Fsp3) is 0.217. The summed E-state index contributed by atoms with van der Waals surface area (Å²) in [7, 11) is 0. The maximum absolute atomic E-state index is 13.1. The van der Waals surface area contributed by atoms with Crippen molar-refractivity contribution in [1.29, 1.82) is 0 Å². The van der Waals surface area contributed by atoms with Gasteiger partial charge in [0.2, 0.25) is 0 Å². The van der Waals surface area contributed by atoms with Crippen LogP contribution in [-0.4, -0.2) is 11.6 Å². The zero-order chi connectivity index (χ0) is 17.6. The van der Waals surface area contributed by atoms with Gasteiger partial charge in [0, 0.05) is 23.1 Å². The predicted molar refractivity (Wildman–Crippen MR) is 101 cm³/mol. The predicted octanol–water partition coefficient (Wildman–Crippen LogP) is 4.95.